The quantitative estimate of drug-likeness (QED) is 0.529. The molecule has 2 rings (SSSR count). The molecule has 1 aliphatic rings. The van der Waals surface area contributed by atoms with E-state index in [1.165, 1.54) is 36.8 Å². The van der Waals surface area contributed by atoms with Crippen LogP contribution in [-0.4, -0.2) is 0 Å². The van der Waals surface area contributed by atoms with Crippen molar-refractivity contribution in [1.82, 2.24) is 0 Å². The Morgan fingerprint density at radius 1 is 1.33 bits per heavy atom. The highest BCUT2D eigenvalue weighted by atomic mass is 17.0. The summed E-state index contributed by atoms with van der Waals surface area (Å²) in [5, 5.41) is 0. The van der Waals surface area contributed by atoms with Crippen molar-refractivity contribution in [3.8, 4) is 0 Å². The zero-order valence-corrected chi connectivity index (χ0v) is 9.51. The number of allylic oxidation sites excluding steroid dienone is 3. The van der Waals surface area contributed by atoms with Gasteiger partial charge < -0.3 is 0 Å². The van der Waals surface area contributed by atoms with Crippen molar-refractivity contribution in [1.29, 1.82) is 0 Å². The van der Waals surface area contributed by atoms with Gasteiger partial charge in [0.05, 0.1) is 0 Å². The van der Waals surface area contributed by atoms with Crippen molar-refractivity contribution in [3.05, 3.63) is 23.2 Å². The predicted octanol–water partition coefficient (Wildman–Crippen LogP) is 4.64. The molecule has 0 spiro atoms. The van der Waals surface area contributed by atoms with Crippen molar-refractivity contribution < 1.29 is 9.15 Å². The van der Waals surface area contributed by atoms with Crippen molar-refractivity contribution >= 4 is 11.6 Å². The largest absolute Gasteiger partial charge is 0.286 e. The second kappa shape index (κ2) is 4.56. The van der Waals surface area contributed by atoms with E-state index in [1.807, 2.05) is 6.08 Å². The molecule has 2 nitrogen and oxygen atoms in total. The SMILES string of the molecule is CCCCCC(C)=C1CC=Cc2ooc21. The third-order valence-electron chi connectivity index (χ3n) is 2.97. The fourth-order valence-corrected chi connectivity index (χ4v) is 1.97. The van der Waals surface area contributed by atoms with E-state index >= 15 is 0 Å². The van der Waals surface area contributed by atoms with Crippen LogP contribution in [0.4, 0.5) is 0 Å². The summed E-state index contributed by atoms with van der Waals surface area (Å²) in [4.78, 5) is 0. The fourth-order valence-electron chi connectivity index (χ4n) is 1.97. The normalized spacial score (nSPS) is 18.0. The Bertz CT molecular complexity index is 377. The zero-order chi connectivity index (χ0) is 10.7. The molecule has 1 aliphatic carbocycles. The van der Waals surface area contributed by atoms with Crippen LogP contribution in [0.5, 0.6) is 0 Å². The van der Waals surface area contributed by atoms with Gasteiger partial charge in [-0.1, -0.05) is 31.4 Å². The van der Waals surface area contributed by atoms with Crippen LogP contribution in [0.2, 0.25) is 0 Å². The second-order valence-corrected chi connectivity index (χ2v) is 4.18. The summed E-state index contributed by atoms with van der Waals surface area (Å²) in [7, 11) is 0. The Morgan fingerprint density at radius 2 is 2.20 bits per heavy atom. The maximum Gasteiger partial charge on any atom is 0.229 e. The highest BCUT2D eigenvalue weighted by molar-refractivity contribution is 5.75. The maximum atomic E-state index is 5.05. The Morgan fingerprint density at radius 3 is 2.87 bits per heavy atom. The van der Waals surface area contributed by atoms with E-state index < -0.39 is 0 Å². The molecular weight excluding hydrogens is 188 g/mol. The molecule has 0 unspecified atom stereocenters. The third kappa shape index (κ3) is 2.09. The van der Waals surface area contributed by atoms with Gasteiger partial charge in [0, 0.05) is 5.57 Å². The van der Waals surface area contributed by atoms with Gasteiger partial charge in [-0.25, -0.2) is 0 Å². The van der Waals surface area contributed by atoms with Crippen LogP contribution >= 0.6 is 0 Å². The van der Waals surface area contributed by atoms with Gasteiger partial charge in [-0.05, 0) is 32.3 Å². The lowest BCUT2D eigenvalue weighted by Gasteiger charge is -2.15. The zero-order valence-electron chi connectivity index (χ0n) is 9.51. The van der Waals surface area contributed by atoms with E-state index in [0.717, 1.165) is 17.9 Å². The highest BCUT2D eigenvalue weighted by Gasteiger charge is 2.21. The van der Waals surface area contributed by atoms with Crippen molar-refractivity contribution in [2.75, 3.05) is 0 Å². The molecular formula is C13H18O2. The molecule has 0 amide bonds. The van der Waals surface area contributed by atoms with E-state index in [2.05, 4.69) is 19.9 Å². The molecule has 0 saturated carbocycles. The average molecular weight is 206 g/mol. The molecule has 82 valence electrons. The molecule has 0 bridgehead atoms. The van der Waals surface area contributed by atoms with Crippen LogP contribution in [-0.2, 0) is 0 Å². The molecule has 1 aromatic rings. The molecule has 2 heteroatoms. The summed E-state index contributed by atoms with van der Waals surface area (Å²) in [5.41, 5.74) is 2.78. The summed E-state index contributed by atoms with van der Waals surface area (Å²) in [5.74, 6) is 1.86. The topological polar surface area (TPSA) is 26.3 Å². The van der Waals surface area contributed by atoms with Gasteiger partial charge in [-0.15, -0.1) is 0 Å². The Balaban J connectivity index is 2.05. The highest BCUT2D eigenvalue weighted by Crippen LogP contribution is 2.35. The van der Waals surface area contributed by atoms with E-state index in [1.54, 1.807) is 0 Å². The average Bonchev–Trinajstić information content (AvgIpc) is 2.19. The molecule has 0 aromatic carbocycles. The molecule has 0 N–H and O–H groups in total. The van der Waals surface area contributed by atoms with E-state index in [-0.39, 0.29) is 0 Å². The number of hydrogen-bond donors (Lipinski definition) is 0. The summed E-state index contributed by atoms with van der Waals surface area (Å²) < 4.78 is 9.94. The molecule has 0 fully saturated rings. The Kier molecular flexibility index (Phi) is 3.14. The lowest BCUT2D eigenvalue weighted by Crippen LogP contribution is -1.99. The van der Waals surface area contributed by atoms with Gasteiger partial charge in [0.15, 0.2) is 0 Å². The predicted molar refractivity (Wildman–Crippen MR) is 61.4 cm³/mol. The molecule has 0 aliphatic heterocycles. The molecule has 1 aromatic heterocycles. The van der Waals surface area contributed by atoms with E-state index in [0.29, 0.717) is 0 Å². The number of rotatable bonds is 4. The van der Waals surface area contributed by atoms with Crippen molar-refractivity contribution in [2.45, 2.75) is 46.0 Å². The first kappa shape index (κ1) is 10.3. The van der Waals surface area contributed by atoms with Crippen molar-refractivity contribution in [3.63, 3.8) is 0 Å². The van der Waals surface area contributed by atoms with E-state index in [4.69, 9.17) is 9.15 Å². The van der Waals surface area contributed by atoms with Crippen molar-refractivity contribution in [2.24, 2.45) is 0 Å². The van der Waals surface area contributed by atoms with Crippen LogP contribution in [0.3, 0.4) is 0 Å². The standard InChI is InChI=1S/C13H18O2/c1-3-4-5-7-10(2)11-8-6-9-12-13(11)15-14-12/h6,9H,3-5,7-8H2,1-2H3. The summed E-state index contributed by atoms with van der Waals surface area (Å²) in [6.45, 7) is 4.44. The first-order valence-corrected chi connectivity index (χ1v) is 5.77. The number of unbranched alkanes of at least 4 members (excludes halogenated alkanes) is 2. The van der Waals surface area contributed by atoms with Gasteiger partial charge in [0.2, 0.25) is 11.5 Å². The minimum atomic E-state index is 0.895. The molecule has 15 heavy (non-hydrogen) atoms. The molecule has 1 heterocycles. The van der Waals surface area contributed by atoms with Gasteiger partial charge >= 0.3 is 0 Å². The van der Waals surface area contributed by atoms with Gasteiger partial charge in [0.25, 0.3) is 0 Å². The van der Waals surface area contributed by atoms with Crippen LogP contribution in [0, 0.1) is 0 Å². The van der Waals surface area contributed by atoms with Crippen LogP contribution in [0.1, 0.15) is 57.5 Å². The monoisotopic (exact) mass is 206 g/mol. The lowest BCUT2D eigenvalue weighted by atomic mass is 9.95. The Hall–Kier alpha value is -1.18. The van der Waals surface area contributed by atoms with E-state index in [9.17, 15) is 0 Å². The smallest absolute Gasteiger partial charge is 0.229 e. The minimum Gasteiger partial charge on any atom is -0.286 e. The summed E-state index contributed by atoms with van der Waals surface area (Å²) >= 11 is 0. The Labute approximate surface area is 90.6 Å². The first-order chi connectivity index (χ1) is 7.33. The fraction of sp³-hybridized carbons (Fsp3) is 0.538. The molecule has 0 saturated heterocycles. The first-order valence-electron chi connectivity index (χ1n) is 5.77. The summed E-state index contributed by atoms with van der Waals surface area (Å²) in [6.07, 6.45) is 10.2. The number of fused-ring (bicyclic) bond motifs is 1. The molecule has 0 radical (unpaired) electrons. The van der Waals surface area contributed by atoms with Crippen LogP contribution in [0.15, 0.2) is 20.8 Å². The summed E-state index contributed by atoms with van der Waals surface area (Å²) in [6, 6.07) is 0. The van der Waals surface area contributed by atoms with Gasteiger partial charge in [-0.3, -0.25) is 9.15 Å². The van der Waals surface area contributed by atoms with Gasteiger partial charge in [-0.2, -0.15) is 0 Å². The molecule has 0 atom stereocenters. The second-order valence-electron chi connectivity index (χ2n) is 4.18. The minimum absolute atomic E-state index is 0.895. The van der Waals surface area contributed by atoms with Crippen LogP contribution in [0.25, 0.3) is 11.6 Å². The number of hydrogen-bond acceptors (Lipinski definition) is 2. The lowest BCUT2D eigenvalue weighted by molar-refractivity contribution is -0.00909. The van der Waals surface area contributed by atoms with Gasteiger partial charge in [0.1, 0.15) is 0 Å². The maximum absolute atomic E-state index is 5.05. The third-order valence-corrected chi connectivity index (χ3v) is 2.97. The van der Waals surface area contributed by atoms with Crippen LogP contribution < -0.4 is 0 Å².